The summed E-state index contributed by atoms with van der Waals surface area (Å²) in [4.78, 5) is 33.9. The average Bonchev–Trinajstić information content (AvgIpc) is 3.35. The summed E-state index contributed by atoms with van der Waals surface area (Å²) >= 11 is 0. The van der Waals surface area contributed by atoms with Gasteiger partial charge in [0.05, 0.1) is 7.11 Å². The molecule has 3 aliphatic rings. The van der Waals surface area contributed by atoms with Gasteiger partial charge >= 0.3 is 6.03 Å². The molecule has 3 heterocycles. The van der Waals surface area contributed by atoms with Gasteiger partial charge in [-0.3, -0.25) is 9.69 Å². The largest absolute Gasteiger partial charge is 0.497 e. The summed E-state index contributed by atoms with van der Waals surface area (Å²) in [5.74, 6) is 0.640. The van der Waals surface area contributed by atoms with Crippen LogP contribution in [0, 0.1) is 0 Å². The zero-order valence-corrected chi connectivity index (χ0v) is 17.4. The van der Waals surface area contributed by atoms with E-state index in [0.29, 0.717) is 38.3 Å². The van der Waals surface area contributed by atoms with Crippen LogP contribution in [0.5, 0.6) is 5.75 Å². The maximum absolute atomic E-state index is 12.5. The SMILES string of the molecule is COc1ccc(CN2CCCC3(CC(C(=O)NCCN4CCNC4=O)=NO3)C2)cc1. The first-order chi connectivity index (χ1) is 14.6. The average molecular weight is 415 g/mol. The number of ether oxygens (including phenoxy) is 1. The fourth-order valence-electron chi connectivity index (χ4n) is 4.31. The lowest BCUT2D eigenvalue weighted by Gasteiger charge is -2.38. The van der Waals surface area contributed by atoms with Gasteiger partial charge in [-0.25, -0.2) is 4.79 Å². The molecule has 2 fully saturated rings. The Morgan fingerprint density at radius 1 is 1.33 bits per heavy atom. The number of likely N-dealkylation sites (tertiary alicyclic amines) is 1. The molecule has 0 aliphatic carbocycles. The molecule has 1 unspecified atom stereocenters. The van der Waals surface area contributed by atoms with E-state index < -0.39 is 5.60 Å². The standard InChI is InChI=1S/C21H29N5O4/c1-29-17-5-3-16(4-6-17)14-25-10-2-7-21(15-25)13-18(24-30-21)19(27)22-8-11-26-12-9-23-20(26)28/h3-6H,2,7-15H2,1H3,(H,22,27)(H,23,28). The lowest BCUT2D eigenvalue weighted by atomic mass is 9.88. The van der Waals surface area contributed by atoms with E-state index in [0.717, 1.165) is 38.2 Å². The van der Waals surface area contributed by atoms with Gasteiger partial charge in [-0.2, -0.15) is 0 Å². The van der Waals surface area contributed by atoms with E-state index in [1.807, 2.05) is 12.1 Å². The van der Waals surface area contributed by atoms with Crippen molar-refractivity contribution in [3.8, 4) is 5.75 Å². The van der Waals surface area contributed by atoms with Crippen molar-refractivity contribution in [1.82, 2.24) is 20.4 Å². The maximum Gasteiger partial charge on any atom is 0.317 e. The molecule has 2 saturated heterocycles. The summed E-state index contributed by atoms with van der Waals surface area (Å²) < 4.78 is 5.22. The highest BCUT2D eigenvalue weighted by atomic mass is 16.7. The third-order valence-electron chi connectivity index (χ3n) is 5.90. The Hall–Kier alpha value is -2.81. The van der Waals surface area contributed by atoms with Gasteiger partial charge < -0.3 is 25.1 Å². The van der Waals surface area contributed by atoms with E-state index in [9.17, 15) is 9.59 Å². The number of nitrogens with one attached hydrogen (secondary N) is 2. The van der Waals surface area contributed by atoms with Gasteiger partial charge in [0.15, 0.2) is 5.60 Å². The van der Waals surface area contributed by atoms with Gasteiger partial charge in [-0.1, -0.05) is 17.3 Å². The van der Waals surface area contributed by atoms with Gasteiger partial charge in [-0.15, -0.1) is 0 Å². The van der Waals surface area contributed by atoms with Crippen LogP contribution >= 0.6 is 0 Å². The normalized spacial score (nSPS) is 23.8. The number of methoxy groups -OCH3 is 1. The minimum absolute atomic E-state index is 0.0797. The molecule has 1 aromatic rings. The summed E-state index contributed by atoms with van der Waals surface area (Å²) in [5.41, 5.74) is 1.23. The van der Waals surface area contributed by atoms with Crippen LogP contribution in [0.25, 0.3) is 0 Å². The maximum atomic E-state index is 12.5. The van der Waals surface area contributed by atoms with E-state index in [-0.39, 0.29) is 11.9 Å². The van der Waals surface area contributed by atoms with Crippen LogP contribution in [0.1, 0.15) is 24.8 Å². The van der Waals surface area contributed by atoms with E-state index in [4.69, 9.17) is 9.57 Å². The van der Waals surface area contributed by atoms with Crippen molar-refractivity contribution in [2.45, 2.75) is 31.4 Å². The zero-order chi connectivity index (χ0) is 21.0. The fraction of sp³-hybridized carbons (Fsp3) is 0.571. The first-order valence-electron chi connectivity index (χ1n) is 10.5. The van der Waals surface area contributed by atoms with Crippen LogP contribution in [0.3, 0.4) is 0 Å². The third-order valence-corrected chi connectivity index (χ3v) is 5.90. The molecule has 30 heavy (non-hydrogen) atoms. The first kappa shape index (κ1) is 20.5. The van der Waals surface area contributed by atoms with Gasteiger partial charge in [0.25, 0.3) is 5.91 Å². The Bertz CT molecular complexity index is 812. The second-order valence-electron chi connectivity index (χ2n) is 8.13. The molecule has 0 saturated carbocycles. The highest BCUT2D eigenvalue weighted by Gasteiger charge is 2.44. The Kier molecular flexibility index (Phi) is 6.08. The number of nitrogens with zero attached hydrogens (tertiary/aromatic N) is 3. The summed E-state index contributed by atoms with van der Waals surface area (Å²) in [6, 6.07) is 8.01. The van der Waals surface area contributed by atoms with Crippen molar-refractivity contribution in [1.29, 1.82) is 0 Å². The van der Waals surface area contributed by atoms with Crippen LogP contribution in [0.4, 0.5) is 4.79 Å². The number of amides is 3. The number of oxime groups is 1. The van der Waals surface area contributed by atoms with Gasteiger partial charge in [0, 0.05) is 45.7 Å². The van der Waals surface area contributed by atoms with Crippen LogP contribution in [-0.4, -0.2) is 79.4 Å². The molecule has 2 N–H and O–H groups in total. The predicted octanol–water partition coefficient (Wildman–Crippen LogP) is 0.948. The van der Waals surface area contributed by atoms with Crippen molar-refractivity contribution >= 4 is 17.6 Å². The van der Waals surface area contributed by atoms with Gasteiger partial charge in [0.2, 0.25) is 0 Å². The summed E-state index contributed by atoms with van der Waals surface area (Å²) in [7, 11) is 1.66. The summed E-state index contributed by atoms with van der Waals surface area (Å²) in [6.07, 6.45) is 2.41. The second kappa shape index (κ2) is 8.91. The Balaban J connectivity index is 1.26. The highest BCUT2D eigenvalue weighted by molar-refractivity contribution is 6.39. The molecule has 0 aromatic heterocycles. The van der Waals surface area contributed by atoms with Crippen LogP contribution in [0.15, 0.2) is 29.4 Å². The van der Waals surface area contributed by atoms with Crippen molar-refractivity contribution < 1.29 is 19.2 Å². The van der Waals surface area contributed by atoms with Crippen molar-refractivity contribution in [2.75, 3.05) is 46.4 Å². The molecular formula is C21H29N5O4. The molecule has 3 amide bonds. The molecular weight excluding hydrogens is 386 g/mol. The monoisotopic (exact) mass is 415 g/mol. The van der Waals surface area contributed by atoms with Gasteiger partial charge in [0.1, 0.15) is 11.5 Å². The lowest BCUT2D eigenvalue weighted by molar-refractivity contribution is -0.114. The van der Waals surface area contributed by atoms with E-state index in [1.165, 1.54) is 5.56 Å². The predicted molar refractivity (Wildman–Crippen MR) is 111 cm³/mol. The van der Waals surface area contributed by atoms with Crippen LogP contribution in [0.2, 0.25) is 0 Å². The van der Waals surface area contributed by atoms with Crippen LogP contribution in [-0.2, 0) is 16.2 Å². The molecule has 1 spiro atoms. The third kappa shape index (κ3) is 4.67. The molecule has 9 heteroatoms. The number of hydrogen-bond donors (Lipinski definition) is 2. The Morgan fingerprint density at radius 3 is 2.90 bits per heavy atom. The number of hydrogen-bond acceptors (Lipinski definition) is 6. The summed E-state index contributed by atoms with van der Waals surface area (Å²) in [5, 5.41) is 9.72. The van der Waals surface area contributed by atoms with Crippen LogP contribution < -0.4 is 15.4 Å². The summed E-state index contributed by atoms with van der Waals surface area (Å²) in [6.45, 7) is 4.79. The molecule has 9 nitrogen and oxygen atoms in total. The topological polar surface area (TPSA) is 95.5 Å². The van der Waals surface area contributed by atoms with E-state index in [1.54, 1.807) is 12.0 Å². The number of piperidine rings is 1. The molecule has 3 aliphatic heterocycles. The van der Waals surface area contributed by atoms with Gasteiger partial charge in [-0.05, 0) is 37.1 Å². The lowest BCUT2D eigenvalue weighted by Crippen LogP contribution is -2.48. The highest BCUT2D eigenvalue weighted by Crippen LogP contribution is 2.34. The minimum atomic E-state index is -0.424. The molecule has 0 bridgehead atoms. The van der Waals surface area contributed by atoms with Crippen molar-refractivity contribution in [2.24, 2.45) is 5.16 Å². The molecule has 0 radical (unpaired) electrons. The minimum Gasteiger partial charge on any atom is -0.497 e. The molecule has 1 aromatic carbocycles. The zero-order valence-electron chi connectivity index (χ0n) is 17.4. The number of urea groups is 1. The Labute approximate surface area is 176 Å². The molecule has 4 rings (SSSR count). The van der Waals surface area contributed by atoms with Crippen molar-refractivity contribution in [3.63, 3.8) is 0 Å². The molecule has 162 valence electrons. The van der Waals surface area contributed by atoms with E-state index >= 15 is 0 Å². The van der Waals surface area contributed by atoms with E-state index in [2.05, 4.69) is 32.8 Å². The first-order valence-corrected chi connectivity index (χ1v) is 10.5. The number of benzene rings is 1. The Morgan fingerprint density at radius 2 is 2.17 bits per heavy atom. The fourth-order valence-corrected chi connectivity index (χ4v) is 4.31. The smallest absolute Gasteiger partial charge is 0.317 e. The second-order valence-corrected chi connectivity index (χ2v) is 8.13. The number of rotatable bonds is 7. The number of carbonyl (C=O) groups excluding carboxylic acids is 2. The quantitative estimate of drug-likeness (QED) is 0.691. The van der Waals surface area contributed by atoms with Crippen molar-refractivity contribution in [3.05, 3.63) is 29.8 Å². The number of carbonyl (C=O) groups is 2. The molecule has 1 atom stereocenters.